The molecule has 2 aliphatic heterocycles. The quantitative estimate of drug-likeness (QED) is 0.342. The van der Waals surface area contributed by atoms with Crippen molar-refractivity contribution in [2.75, 3.05) is 26.2 Å². The second-order valence-corrected chi connectivity index (χ2v) is 7.94. The summed E-state index contributed by atoms with van der Waals surface area (Å²) in [6, 6.07) is -0.567. The molecule has 0 aliphatic carbocycles. The Balaban J connectivity index is 2.09. The number of carbonyl (C=O) groups excluding carboxylic acids is 2. The second kappa shape index (κ2) is 8.88. The van der Waals surface area contributed by atoms with Crippen LogP contribution in [0.1, 0.15) is 52.9 Å². The van der Waals surface area contributed by atoms with Gasteiger partial charge in [-0.05, 0) is 52.9 Å². The summed E-state index contributed by atoms with van der Waals surface area (Å²) in [5, 5.41) is 3.13. The molecule has 2 aliphatic rings. The van der Waals surface area contributed by atoms with Crippen LogP contribution in [-0.2, 0) is 9.59 Å². The maximum Gasteiger partial charge on any atom is 0.263 e. The molecule has 0 aromatic heterocycles. The molecule has 2 rings (SSSR count). The van der Waals surface area contributed by atoms with E-state index in [0.29, 0.717) is 18.9 Å². The van der Waals surface area contributed by atoms with Gasteiger partial charge in [0.25, 0.3) is 5.96 Å². The Morgan fingerprint density at radius 2 is 1.88 bits per heavy atom. The molecule has 8 heteroatoms. The molecule has 0 saturated carbocycles. The molecule has 0 bridgehead atoms. The zero-order valence-electron chi connectivity index (χ0n) is 16.0. The van der Waals surface area contributed by atoms with Crippen LogP contribution < -0.4 is 10.7 Å². The third-order valence-corrected chi connectivity index (χ3v) is 4.48. The van der Waals surface area contributed by atoms with Gasteiger partial charge in [-0.2, -0.15) is 11.5 Å². The van der Waals surface area contributed by atoms with Crippen molar-refractivity contribution in [2.24, 2.45) is 4.99 Å². The van der Waals surface area contributed by atoms with E-state index in [0.717, 1.165) is 38.8 Å². The van der Waals surface area contributed by atoms with E-state index in [4.69, 9.17) is 6.57 Å². The summed E-state index contributed by atoms with van der Waals surface area (Å²) in [6.45, 7) is 15.2. The lowest BCUT2D eigenvalue weighted by Gasteiger charge is -2.26. The maximum absolute atomic E-state index is 12.9. The van der Waals surface area contributed by atoms with E-state index in [9.17, 15) is 9.59 Å². The summed E-state index contributed by atoms with van der Waals surface area (Å²) in [6.07, 6.45) is 4.44. The summed E-state index contributed by atoms with van der Waals surface area (Å²) < 4.78 is 0. The van der Waals surface area contributed by atoms with Gasteiger partial charge in [0.15, 0.2) is 0 Å². The smallest absolute Gasteiger partial charge is 0.263 e. The molecular formula is C18H30N6O2. The minimum absolute atomic E-state index is 0.0211. The van der Waals surface area contributed by atoms with Crippen LogP contribution in [0, 0.1) is 6.57 Å². The van der Waals surface area contributed by atoms with Crippen molar-refractivity contribution in [3.63, 3.8) is 0 Å². The average molecular weight is 362 g/mol. The number of likely N-dealkylation sites (tertiary alicyclic amines) is 2. The molecule has 8 nitrogen and oxygen atoms in total. The Morgan fingerprint density at radius 3 is 2.50 bits per heavy atom. The molecule has 0 aromatic rings. The molecule has 0 aromatic carbocycles. The first-order valence-corrected chi connectivity index (χ1v) is 9.35. The third kappa shape index (κ3) is 5.90. The van der Waals surface area contributed by atoms with Gasteiger partial charge in [0, 0.05) is 25.2 Å². The normalized spacial score (nSPS) is 22.0. The van der Waals surface area contributed by atoms with Crippen molar-refractivity contribution in [1.29, 1.82) is 0 Å². The predicted octanol–water partition coefficient (Wildman–Crippen LogP) is 1.16. The summed E-state index contributed by atoms with van der Waals surface area (Å²) >= 11 is 0. The minimum Gasteiger partial charge on any atom is -0.347 e. The third-order valence-electron chi connectivity index (χ3n) is 4.48. The Labute approximate surface area is 155 Å². The summed E-state index contributed by atoms with van der Waals surface area (Å²) in [5.74, 6) is 0.196. The van der Waals surface area contributed by atoms with E-state index in [1.54, 1.807) is 4.90 Å². The topological polar surface area (TPSA) is 81.4 Å². The lowest BCUT2D eigenvalue weighted by atomic mass is 10.1. The monoisotopic (exact) mass is 362 g/mol. The van der Waals surface area contributed by atoms with Crippen molar-refractivity contribution in [3.05, 3.63) is 11.5 Å². The van der Waals surface area contributed by atoms with Gasteiger partial charge in [0.2, 0.25) is 11.8 Å². The molecular weight excluding hydrogens is 332 g/mol. The summed E-state index contributed by atoms with van der Waals surface area (Å²) in [4.78, 5) is 36.5. The van der Waals surface area contributed by atoms with Crippen molar-refractivity contribution >= 4 is 17.8 Å². The number of carbonyl (C=O) groups is 2. The fourth-order valence-electron chi connectivity index (χ4n) is 3.24. The van der Waals surface area contributed by atoms with Crippen LogP contribution in [-0.4, -0.2) is 65.3 Å². The van der Waals surface area contributed by atoms with E-state index in [1.165, 1.54) is 0 Å². The molecule has 144 valence electrons. The fraction of sp³-hybridized carbons (Fsp3) is 0.778. The van der Waals surface area contributed by atoms with E-state index < -0.39 is 6.04 Å². The molecule has 0 spiro atoms. The van der Waals surface area contributed by atoms with E-state index in [1.807, 2.05) is 25.7 Å². The van der Waals surface area contributed by atoms with Gasteiger partial charge in [-0.1, -0.05) is 5.43 Å². The lowest BCUT2D eigenvalue weighted by Crippen LogP contribution is -2.48. The second-order valence-electron chi connectivity index (χ2n) is 7.94. The number of rotatable bonds is 3. The van der Waals surface area contributed by atoms with E-state index in [2.05, 4.69) is 20.7 Å². The molecule has 1 unspecified atom stereocenters. The van der Waals surface area contributed by atoms with E-state index in [-0.39, 0.29) is 23.9 Å². The van der Waals surface area contributed by atoms with Gasteiger partial charge in [-0.25, -0.2) is 4.99 Å². The van der Waals surface area contributed by atoms with Gasteiger partial charge < -0.3 is 15.1 Å². The average Bonchev–Trinajstić information content (AvgIpc) is 3.03. The van der Waals surface area contributed by atoms with Crippen LogP contribution in [0.25, 0.3) is 4.95 Å². The van der Waals surface area contributed by atoms with Gasteiger partial charge in [-0.15, -0.1) is 0 Å². The van der Waals surface area contributed by atoms with Crippen LogP contribution in [0.15, 0.2) is 4.99 Å². The number of nitrogens with zero attached hydrogens (tertiary/aromatic N) is 4. The number of aliphatic imine (C=N–C) groups is 1. The number of nitrogens with one attached hydrogen (secondary N) is 2. The first kappa shape index (κ1) is 20.0. The largest absolute Gasteiger partial charge is 0.347 e. The van der Waals surface area contributed by atoms with Crippen molar-refractivity contribution in [3.8, 4) is 0 Å². The lowest BCUT2D eigenvalue weighted by molar-refractivity contribution is -0.140. The highest BCUT2D eigenvalue weighted by atomic mass is 16.2. The standard InChI is InChI=1S/C18H30N6O2/c1-18(2,3)21-17(22-19-4)20-14-9-5-6-12-24(16(14)26)13-15(25)23-10-7-8-11-23/h14H,5-13H2,1-3H3,(H2,20,21,22). The van der Waals surface area contributed by atoms with Gasteiger partial charge in [-0.3, -0.25) is 9.59 Å². The Bertz CT molecular complexity index is 583. The Kier molecular flexibility index (Phi) is 6.83. The first-order valence-electron chi connectivity index (χ1n) is 9.35. The highest BCUT2D eigenvalue weighted by Crippen LogP contribution is 2.16. The van der Waals surface area contributed by atoms with Crippen LogP contribution >= 0.6 is 0 Å². The molecule has 0 radical (unpaired) electrons. The fourth-order valence-corrected chi connectivity index (χ4v) is 3.24. The van der Waals surface area contributed by atoms with Crippen molar-refractivity contribution in [1.82, 2.24) is 20.5 Å². The highest BCUT2D eigenvalue weighted by Gasteiger charge is 2.30. The van der Waals surface area contributed by atoms with Crippen LogP contribution in [0.5, 0.6) is 0 Å². The number of hydrogen-bond acceptors (Lipinski definition) is 3. The number of hydrogen-bond donors (Lipinski definition) is 2. The number of guanidine groups is 1. The Hall–Kier alpha value is -2.30. The molecule has 26 heavy (non-hydrogen) atoms. The highest BCUT2D eigenvalue weighted by molar-refractivity contribution is 5.90. The van der Waals surface area contributed by atoms with Gasteiger partial charge >= 0.3 is 0 Å². The Morgan fingerprint density at radius 1 is 1.23 bits per heavy atom. The predicted molar refractivity (Wildman–Crippen MR) is 100 cm³/mol. The zero-order valence-corrected chi connectivity index (χ0v) is 16.0. The minimum atomic E-state index is -0.567. The summed E-state index contributed by atoms with van der Waals surface area (Å²) in [5.41, 5.74) is 2.23. The molecule has 2 heterocycles. The van der Waals surface area contributed by atoms with Crippen molar-refractivity contribution in [2.45, 2.75) is 64.5 Å². The molecule has 2 saturated heterocycles. The molecule has 2 N–H and O–H groups in total. The van der Waals surface area contributed by atoms with Gasteiger partial charge in [0.05, 0.1) is 6.54 Å². The maximum atomic E-state index is 12.9. The summed E-state index contributed by atoms with van der Waals surface area (Å²) in [7, 11) is 0. The zero-order chi connectivity index (χ0) is 19.2. The molecule has 2 amide bonds. The van der Waals surface area contributed by atoms with Gasteiger partial charge in [0.1, 0.15) is 6.04 Å². The van der Waals surface area contributed by atoms with Crippen LogP contribution in [0.3, 0.4) is 0 Å². The number of amides is 2. The van der Waals surface area contributed by atoms with E-state index >= 15 is 0 Å². The van der Waals surface area contributed by atoms with Crippen LogP contribution in [0.4, 0.5) is 0 Å². The first-order chi connectivity index (χ1) is 12.3. The molecule has 2 fully saturated rings. The SMILES string of the molecule is [C-]#[N+]NC(=NC1CCCCN(CC(=O)N2CCCC2)C1=O)NC(C)(C)C. The van der Waals surface area contributed by atoms with Crippen LogP contribution in [0.2, 0.25) is 0 Å². The van der Waals surface area contributed by atoms with Crippen molar-refractivity contribution < 1.29 is 9.59 Å². The molecule has 1 atom stereocenters.